The first-order valence-electron chi connectivity index (χ1n) is 4.50. The lowest BCUT2D eigenvalue weighted by molar-refractivity contribution is -0.0668. The Balaban J connectivity index is 2.05. The van der Waals surface area contributed by atoms with Crippen LogP contribution >= 0.6 is 0 Å². The normalized spacial score (nSPS) is 18.9. The number of aliphatic hydroxyl groups is 1. The topological polar surface area (TPSA) is 53.4 Å². The Morgan fingerprint density at radius 2 is 2.36 bits per heavy atom. The number of β-amino-alcohol motifs (C(OH)–C–C–N with tert-alkyl or cyclic N) is 1. The van der Waals surface area contributed by atoms with Gasteiger partial charge in [-0.3, -0.25) is 9.78 Å². The molecule has 0 aliphatic carbocycles. The molecule has 2 rings (SSSR count). The SMILES string of the molecule is CC1(O)CN(C(=O)c2cccnc2)C1. The van der Waals surface area contributed by atoms with Crippen LogP contribution in [0.15, 0.2) is 24.5 Å². The number of carbonyl (C=O) groups is 1. The van der Waals surface area contributed by atoms with Gasteiger partial charge in [0.25, 0.3) is 5.91 Å². The number of carbonyl (C=O) groups excluding carboxylic acids is 1. The maximum absolute atomic E-state index is 11.7. The van der Waals surface area contributed by atoms with E-state index in [1.807, 2.05) is 0 Å². The van der Waals surface area contributed by atoms with Crippen molar-refractivity contribution in [3.8, 4) is 0 Å². The summed E-state index contributed by atoms with van der Waals surface area (Å²) < 4.78 is 0. The van der Waals surface area contributed by atoms with Crippen LogP contribution in [0.5, 0.6) is 0 Å². The number of likely N-dealkylation sites (tertiary alicyclic amines) is 1. The van der Waals surface area contributed by atoms with Gasteiger partial charge in [-0.25, -0.2) is 0 Å². The molecule has 1 saturated heterocycles. The van der Waals surface area contributed by atoms with E-state index in [-0.39, 0.29) is 5.91 Å². The molecule has 4 nitrogen and oxygen atoms in total. The third kappa shape index (κ3) is 1.61. The van der Waals surface area contributed by atoms with Crippen LogP contribution in [0.4, 0.5) is 0 Å². The van der Waals surface area contributed by atoms with Gasteiger partial charge in [0.2, 0.25) is 0 Å². The summed E-state index contributed by atoms with van der Waals surface area (Å²) in [7, 11) is 0. The zero-order chi connectivity index (χ0) is 10.2. The molecule has 0 aromatic carbocycles. The fourth-order valence-corrected chi connectivity index (χ4v) is 1.59. The van der Waals surface area contributed by atoms with Crippen LogP contribution in [0.1, 0.15) is 17.3 Å². The number of rotatable bonds is 1. The highest BCUT2D eigenvalue weighted by atomic mass is 16.3. The first-order valence-corrected chi connectivity index (χ1v) is 4.50. The summed E-state index contributed by atoms with van der Waals surface area (Å²) >= 11 is 0. The van der Waals surface area contributed by atoms with Gasteiger partial charge in [0.1, 0.15) is 0 Å². The number of nitrogens with zero attached hydrogens (tertiary/aromatic N) is 2. The fraction of sp³-hybridized carbons (Fsp3) is 0.400. The van der Waals surface area contributed by atoms with Gasteiger partial charge < -0.3 is 10.0 Å². The van der Waals surface area contributed by atoms with Gasteiger partial charge in [0.15, 0.2) is 0 Å². The quantitative estimate of drug-likeness (QED) is 0.695. The van der Waals surface area contributed by atoms with Gasteiger partial charge in [0, 0.05) is 12.4 Å². The predicted molar refractivity (Wildman–Crippen MR) is 50.8 cm³/mol. The van der Waals surface area contributed by atoms with Crippen LogP contribution in [-0.4, -0.2) is 39.6 Å². The van der Waals surface area contributed by atoms with Gasteiger partial charge in [0.05, 0.1) is 24.3 Å². The maximum atomic E-state index is 11.7. The van der Waals surface area contributed by atoms with E-state index in [0.29, 0.717) is 18.7 Å². The molecule has 2 heterocycles. The Bertz CT molecular complexity index is 340. The van der Waals surface area contributed by atoms with E-state index in [1.165, 1.54) is 6.20 Å². The Hall–Kier alpha value is -1.42. The Labute approximate surface area is 82.2 Å². The van der Waals surface area contributed by atoms with Crippen LogP contribution in [0.2, 0.25) is 0 Å². The molecule has 0 spiro atoms. The molecule has 0 saturated carbocycles. The van der Waals surface area contributed by atoms with E-state index < -0.39 is 5.60 Å². The summed E-state index contributed by atoms with van der Waals surface area (Å²) in [6, 6.07) is 3.45. The molecule has 1 aromatic rings. The first-order chi connectivity index (χ1) is 6.58. The minimum Gasteiger partial charge on any atom is -0.386 e. The van der Waals surface area contributed by atoms with Gasteiger partial charge in [-0.1, -0.05) is 0 Å². The second-order valence-corrected chi connectivity index (χ2v) is 3.90. The molecule has 1 amide bonds. The third-order valence-corrected chi connectivity index (χ3v) is 2.26. The molecule has 1 aromatic heterocycles. The molecule has 1 aliphatic heterocycles. The van der Waals surface area contributed by atoms with E-state index in [1.54, 1.807) is 30.2 Å². The second kappa shape index (κ2) is 3.06. The zero-order valence-electron chi connectivity index (χ0n) is 7.97. The smallest absolute Gasteiger partial charge is 0.255 e. The molecule has 1 fully saturated rings. The molecule has 1 aliphatic rings. The largest absolute Gasteiger partial charge is 0.386 e. The van der Waals surface area contributed by atoms with Gasteiger partial charge in [-0.2, -0.15) is 0 Å². The monoisotopic (exact) mass is 192 g/mol. The van der Waals surface area contributed by atoms with Crippen molar-refractivity contribution in [2.75, 3.05) is 13.1 Å². The van der Waals surface area contributed by atoms with E-state index in [2.05, 4.69) is 4.98 Å². The molecule has 74 valence electrons. The highest BCUT2D eigenvalue weighted by Gasteiger charge is 2.39. The number of amides is 1. The standard InChI is InChI=1S/C10H12N2O2/c1-10(14)6-12(7-10)9(13)8-3-2-4-11-5-8/h2-5,14H,6-7H2,1H3. The highest BCUT2D eigenvalue weighted by molar-refractivity contribution is 5.94. The van der Waals surface area contributed by atoms with E-state index >= 15 is 0 Å². The molecule has 4 heteroatoms. The van der Waals surface area contributed by atoms with Crippen molar-refractivity contribution < 1.29 is 9.90 Å². The molecule has 0 radical (unpaired) electrons. The Morgan fingerprint density at radius 3 is 2.86 bits per heavy atom. The van der Waals surface area contributed by atoms with Gasteiger partial charge in [-0.05, 0) is 19.1 Å². The van der Waals surface area contributed by atoms with Crippen molar-refractivity contribution in [2.45, 2.75) is 12.5 Å². The van der Waals surface area contributed by atoms with Gasteiger partial charge in [-0.15, -0.1) is 0 Å². The molecular formula is C10H12N2O2. The number of hydrogen-bond donors (Lipinski definition) is 1. The molecular weight excluding hydrogens is 180 g/mol. The van der Waals surface area contributed by atoms with Crippen molar-refractivity contribution in [1.29, 1.82) is 0 Å². The lowest BCUT2D eigenvalue weighted by atomic mass is 9.96. The molecule has 1 N–H and O–H groups in total. The third-order valence-electron chi connectivity index (χ3n) is 2.26. The minimum absolute atomic E-state index is 0.0652. The van der Waals surface area contributed by atoms with Crippen molar-refractivity contribution >= 4 is 5.91 Å². The molecule has 0 bridgehead atoms. The maximum Gasteiger partial charge on any atom is 0.255 e. The number of aromatic nitrogens is 1. The Kier molecular flexibility index (Phi) is 2.00. The molecule has 14 heavy (non-hydrogen) atoms. The predicted octanol–water partition coefficient (Wildman–Crippen LogP) is 0.288. The fourth-order valence-electron chi connectivity index (χ4n) is 1.59. The average molecular weight is 192 g/mol. The van der Waals surface area contributed by atoms with E-state index in [9.17, 15) is 9.90 Å². The summed E-state index contributed by atoms with van der Waals surface area (Å²) in [6.45, 7) is 2.53. The summed E-state index contributed by atoms with van der Waals surface area (Å²) in [5.74, 6) is -0.0652. The van der Waals surface area contributed by atoms with Crippen molar-refractivity contribution in [3.05, 3.63) is 30.1 Å². The lowest BCUT2D eigenvalue weighted by Gasteiger charge is -2.44. The summed E-state index contributed by atoms with van der Waals surface area (Å²) in [6.07, 6.45) is 3.17. The second-order valence-electron chi connectivity index (χ2n) is 3.90. The van der Waals surface area contributed by atoms with Crippen LogP contribution in [0.25, 0.3) is 0 Å². The van der Waals surface area contributed by atoms with Crippen LogP contribution < -0.4 is 0 Å². The zero-order valence-corrected chi connectivity index (χ0v) is 7.97. The summed E-state index contributed by atoms with van der Waals surface area (Å²) in [5, 5.41) is 9.47. The van der Waals surface area contributed by atoms with E-state index in [0.717, 1.165) is 0 Å². The Morgan fingerprint density at radius 1 is 1.64 bits per heavy atom. The number of hydrogen-bond acceptors (Lipinski definition) is 3. The molecule has 0 atom stereocenters. The number of pyridine rings is 1. The van der Waals surface area contributed by atoms with Crippen LogP contribution in [0, 0.1) is 0 Å². The summed E-state index contributed by atoms with van der Waals surface area (Å²) in [5.41, 5.74) is -0.138. The van der Waals surface area contributed by atoms with Crippen molar-refractivity contribution in [1.82, 2.24) is 9.88 Å². The highest BCUT2D eigenvalue weighted by Crippen LogP contribution is 2.21. The average Bonchev–Trinajstić information content (AvgIpc) is 2.14. The van der Waals surface area contributed by atoms with E-state index in [4.69, 9.17) is 0 Å². The lowest BCUT2D eigenvalue weighted by Crippen LogP contribution is -2.61. The minimum atomic E-state index is -0.710. The molecule has 0 unspecified atom stereocenters. The first kappa shape index (κ1) is 9.15. The van der Waals surface area contributed by atoms with Crippen molar-refractivity contribution in [3.63, 3.8) is 0 Å². The van der Waals surface area contributed by atoms with Crippen molar-refractivity contribution in [2.24, 2.45) is 0 Å². The van der Waals surface area contributed by atoms with Crippen LogP contribution in [-0.2, 0) is 0 Å². The van der Waals surface area contributed by atoms with Gasteiger partial charge >= 0.3 is 0 Å². The van der Waals surface area contributed by atoms with Crippen LogP contribution in [0.3, 0.4) is 0 Å². The summed E-state index contributed by atoms with van der Waals surface area (Å²) in [4.78, 5) is 17.2.